The summed E-state index contributed by atoms with van der Waals surface area (Å²) in [5, 5.41) is 9.87. The molecule has 3 aromatic heterocycles. The number of nitrogens with zero attached hydrogens (tertiary/aromatic N) is 3. The maximum absolute atomic E-state index is 13.0. The molecule has 0 aliphatic carbocycles. The Hall–Kier alpha value is -3.37. The van der Waals surface area contributed by atoms with Crippen LogP contribution in [0.15, 0.2) is 51.5 Å². The number of carbonyl (C=O) groups is 1. The van der Waals surface area contributed by atoms with Crippen LogP contribution in [0, 0.1) is 13.8 Å². The lowest BCUT2D eigenvalue weighted by Crippen LogP contribution is -2.13. The van der Waals surface area contributed by atoms with Gasteiger partial charge in [-0.1, -0.05) is 5.16 Å². The fourth-order valence-electron chi connectivity index (χ4n) is 3.15. The maximum Gasteiger partial charge on any atom is 0.260 e. The smallest absolute Gasteiger partial charge is 0.260 e. The van der Waals surface area contributed by atoms with Crippen molar-refractivity contribution in [2.24, 2.45) is 0 Å². The van der Waals surface area contributed by atoms with E-state index in [0.29, 0.717) is 33.0 Å². The third-order valence-electron chi connectivity index (χ3n) is 4.95. The normalized spacial score (nSPS) is 10.8. The first kappa shape index (κ1) is 22.8. The molecule has 33 heavy (non-hydrogen) atoms. The largest absolute Gasteiger partial charge is 0.493 e. The first-order valence-corrected chi connectivity index (χ1v) is 11.9. The van der Waals surface area contributed by atoms with Crippen molar-refractivity contribution in [1.29, 1.82) is 0 Å². The number of hydrogen-bond donors (Lipinski definition) is 1. The number of nitrogens with one attached hydrogen (secondary N) is 1. The Morgan fingerprint density at radius 3 is 2.73 bits per heavy atom. The molecule has 1 N–H and O–H groups in total. The molecule has 8 nitrogen and oxygen atoms in total. The number of benzene rings is 1. The van der Waals surface area contributed by atoms with Crippen molar-refractivity contribution in [3.8, 4) is 22.8 Å². The molecule has 0 bridgehead atoms. The summed E-state index contributed by atoms with van der Waals surface area (Å²) in [6, 6.07) is 9.06. The topological polar surface area (TPSA) is 99.4 Å². The first-order valence-electron chi connectivity index (χ1n) is 9.99. The van der Waals surface area contributed by atoms with Crippen LogP contribution < -0.4 is 14.8 Å². The van der Waals surface area contributed by atoms with Gasteiger partial charge in [0.25, 0.3) is 5.91 Å². The van der Waals surface area contributed by atoms with E-state index in [1.54, 1.807) is 32.5 Å². The van der Waals surface area contributed by atoms with Crippen LogP contribution in [0.3, 0.4) is 0 Å². The summed E-state index contributed by atoms with van der Waals surface area (Å²) in [5.41, 5.74) is 3.93. The molecule has 0 radical (unpaired) electrons. The molecule has 3 heterocycles. The van der Waals surface area contributed by atoms with E-state index in [2.05, 4.69) is 20.4 Å². The second kappa shape index (κ2) is 10.1. The monoisotopic (exact) mass is 482 g/mol. The molecule has 4 rings (SSSR count). The van der Waals surface area contributed by atoms with Gasteiger partial charge in [-0.25, -0.2) is 9.97 Å². The Balaban J connectivity index is 1.49. The van der Waals surface area contributed by atoms with Crippen LogP contribution in [0.4, 0.5) is 5.13 Å². The summed E-state index contributed by atoms with van der Waals surface area (Å²) in [5.74, 6) is 2.37. The van der Waals surface area contributed by atoms with E-state index in [1.807, 2.05) is 37.4 Å². The quantitative estimate of drug-likeness (QED) is 0.335. The van der Waals surface area contributed by atoms with Gasteiger partial charge in [0.1, 0.15) is 10.8 Å². The number of rotatable bonds is 8. The van der Waals surface area contributed by atoms with Crippen molar-refractivity contribution in [1.82, 2.24) is 15.1 Å². The summed E-state index contributed by atoms with van der Waals surface area (Å²) < 4.78 is 15.9. The molecule has 1 amide bonds. The van der Waals surface area contributed by atoms with Crippen LogP contribution in [0.5, 0.6) is 11.5 Å². The van der Waals surface area contributed by atoms with E-state index in [1.165, 1.54) is 23.1 Å². The number of thioether (sulfide) groups is 1. The van der Waals surface area contributed by atoms with Gasteiger partial charge in [0.2, 0.25) is 0 Å². The molecule has 0 aliphatic rings. The van der Waals surface area contributed by atoms with Crippen molar-refractivity contribution < 1.29 is 18.8 Å². The zero-order valence-electron chi connectivity index (χ0n) is 18.5. The lowest BCUT2D eigenvalue weighted by Gasteiger charge is -2.08. The van der Waals surface area contributed by atoms with Crippen LogP contribution in [0.25, 0.3) is 11.3 Å². The van der Waals surface area contributed by atoms with Gasteiger partial charge in [-0.3, -0.25) is 10.1 Å². The predicted molar refractivity (Wildman–Crippen MR) is 128 cm³/mol. The van der Waals surface area contributed by atoms with Crippen LogP contribution in [-0.2, 0) is 5.75 Å². The maximum atomic E-state index is 13.0. The molecular formula is C23H22N4O4S2. The van der Waals surface area contributed by atoms with Gasteiger partial charge >= 0.3 is 0 Å². The molecule has 0 unspecified atom stereocenters. The van der Waals surface area contributed by atoms with Gasteiger partial charge in [0.15, 0.2) is 16.6 Å². The van der Waals surface area contributed by atoms with E-state index in [0.717, 1.165) is 28.3 Å². The average molecular weight is 483 g/mol. The second-order valence-electron chi connectivity index (χ2n) is 7.01. The number of thiazole rings is 1. The SMILES string of the molecule is COc1ccc(-c2csc(NC(=O)c3cccnc3SCc3c(C)noc3C)n2)cc1OC. The molecule has 170 valence electrons. The molecule has 0 saturated heterocycles. The summed E-state index contributed by atoms with van der Waals surface area (Å²) >= 11 is 2.82. The Morgan fingerprint density at radius 2 is 2.00 bits per heavy atom. The Kier molecular flexibility index (Phi) is 6.95. The molecule has 10 heteroatoms. The Bertz CT molecular complexity index is 1270. The molecular weight excluding hydrogens is 460 g/mol. The number of methoxy groups -OCH3 is 2. The molecule has 0 spiro atoms. The predicted octanol–water partition coefficient (Wildman–Crippen LogP) is 5.37. The van der Waals surface area contributed by atoms with Crippen molar-refractivity contribution in [2.45, 2.75) is 24.6 Å². The van der Waals surface area contributed by atoms with E-state index in [-0.39, 0.29) is 5.91 Å². The van der Waals surface area contributed by atoms with Crippen molar-refractivity contribution >= 4 is 34.1 Å². The van der Waals surface area contributed by atoms with Gasteiger partial charge in [-0.15, -0.1) is 23.1 Å². The van der Waals surface area contributed by atoms with Crippen molar-refractivity contribution in [3.05, 3.63) is 64.5 Å². The van der Waals surface area contributed by atoms with Crippen molar-refractivity contribution in [2.75, 3.05) is 19.5 Å². The van der Waals surface area contributed by atoms with E-state index in [4.69, 9.17) is 14.0 Å². The highest BCUT2D eigenvalue weighted by Gasteiger charge is 2.17. The van der Waals surface area contributed by atoms with E-state index < -0.39 is 0 Å². The number of anilines is 1. The molecule has 0 fully saturated rings. The van der Waals surface area contributed by atoms with Crippen LogP contribution >= 0.6 is 23.1 Å². The summed E-state index contributed by atoms with van der Waals surface area (Å²) in [4.78, 5) is 22.0. The number of ether oxygens (including phenoxy) is 2. The molecule has 0 aliphatic heterocycles. The number of hydrogen-bond acceptors (Lipinski definition) is 9. The van der Waals surface area contributed by atoms with Crippen molar-refractivity contribution in [3.63, 3.8) is 0 Å². The Labute approximate surface area is 199 Å². The third kappa shape index (κ3) is 5.01. The summed E-state index contributed by atoms with van der Waals surface area (Å²) in [7, 11) is 3.18. The minimum Gasteiger partial charge on any atom is -0.493 e. The van der Waals surface area contributed by atoms with Gasteiger partial charge in [0.05, 0.1) is 31.2 Å². The highest BCUT2D eigenvalue weighted by Crippen LogP contribution is 2.34. The van der Waals surface area contributed by atoms with Gasteiger partial charge < -0.3 is 14.0 Å². The molecule has 1 aromatic carbocycles. The van der Waals surface area contributed by atoms with Crippen LogP contribution in [-0.4, -0.2) is 35.3 Å². The number of carbonyl (C=O) groups excluding carboxylic acids is 1. The van der Waals surface area contributed by atoms with Crippen LogP contribution in [0.1, 0.15) is 27.4 Å². The number of aromatic nitrogens is 3. The zero-order valence-corrected chi connectivity index (χ0v) is 20.2. The molecule has 0 saturated carbocycles. The number of aryl methyl sites for hydroxylation is 2. The van der Waals surface area contributed by atoms with E-state index >= 15 is 0 Å². The fourth-order valence-corrected chi connectivity index (χ4v) is 5.01. The minimum absolute atomic E-state index is 0.266. The fraction of sp³-hybridized carbons (Fsp3) is 0.217. The molecule has 4 aromatic rings. The minimum atomic E-state index is -0.266. The zero-order chi connectivity index (χ0) is 23.4. The van der Waals surface area contributed by atoms with E-state index in [9.17, 15) is 4.79 Å². The lowest BCUT2D eigenvalue weighted by molar-refractivity contribution is 0.102. The van der Waals surface area contributed by atoms with Crippen LogP contribution in [0.2, 0.25) is 0 Å². The van der Waals surface area contributed by atoms with Gasteiger partial charge in [-0.05, 0) is 44.2 Å². The second-order valence-corrected chi connectivity index (χ2v) is 8.83. The number of amides is 1. The highest BCUT2D eigenvalue weighted by molar-refractivity contribution is 7.98. The van der Waals surface area contributed by atoms with Gasteiger partial charge in [0, 0.05) is 28.5 Å². The molecule has 0 atom stereocenters. The summed E-state index contributed by atoms with van der Waals surface area (Å²) in [6.45, 7) is 3.78. The lowest BCUT2D eigenvalue weighted by atomic mass is 10.1. The first-order chi connectivity index (χ1) is 16.0. The third-order valence-corrected chi connectivity index (χ3v) is 6.74. The summed E-state index contributed by atoms with van der Waals surface area (Å²) in [6.07, 6.45) is 1.67. The highest BCUT2D eigenvalue weighted by atomic mass is 32.2. The van der Waals surface area contributed by atoms with Gasteiger partial charge in [-0.2, -0.15) is 0 Å². The average Bonchev–Trinajstić information content (AvgIpc) is 3.43. The Morgan fingerprint density at radius 1 is 1.18 bits per heavy atom. The number of pyridine rings is 1. The standard InChI is InChI=1S/C23H22N4O4S2/c1-13-17(14(2)31-27-13)11-32-22-16(6-5-9-24-22)21(28)26-23-25-18(12-33-23)15-7-8-19(29-3)20(10-15)30-4/h5-10,12H,11H2,1-4H3,(H,25,26,28).